The van der Waals surface area contributed by atoms with Crippen LogP contribution < -0.4 is 5.43 Å². The lowest BCUT2D eigenvalue weighted by molar-refractivity contribution is -0.138. The topological polar surface area (TPSA) is 65.7 Å². The van der Waals surface area contributed by atoms with E-state index < -0.39 is 5.97 Å². The molecule has 0 fully saturated rings. The van der Waals surface area contributed by atoms with E-state index in [-0.39, 0.29) is 12.6 Å². The number of hydrogen-bond donors (Lipinski definition) is 2. The van der Waals surface area contributed by atoms with Crippen LogP contribution in [0.25, 0.3) is 38.8 Å². The molecule has 0 saturated heterocycles. The summed E-state index contributed by atoms with van der Waals surface area (Å²) in [4.78, 5) is 11.5. The number of carboxylic acids is 1. The third kappa shape index (κ3) is 3.52. The van der Waals surface area contributed by atoms with Crippen LogP contribution in [-0.2, 0) is 4.79 Å². The van der Waals surface area contributed by atoms with Gasteiger partial charge in [0, 0.05) is 16.3 Å². The minimum atomic E-state index is -0.889. The normalized spacial score (nSPS) is 15.7. The van der Waals surface area contributed by atoms with Crippen molar-refractivity contribution in [2.24, 2.45) is 0 Å². The van der Waals surface area contributed by atoms with Crippen LogP contribution in [-0.4, -0.2) is 22.6 Å². The van der Waals surface area contributed by atoms with Crippen molar-refractivity contribution in [2.75, 3.05) is 6.54 Å². The SMILES string of the molecule is O=C(O)CN1NC(c2ccccc2)C=C1c1ccc(-c2cccc3c2oc2ccccc23)cc1. The number of furan rings is 1. The van der Waals surface area contributed by atoms with Crippen LogP contribution in [0.2, 0.25) is 0 Å². The molecule has 5 heteroatoms. The molecule has 4 aromatic carbocycles. The number of carboxylic acid groups (broad SMARTS) is 1. The van der Waals surface area contributed by atoms with E-state index in [1.165, 1.54) is 0 Å². The Bertz CT molecular complexity index is 1530. The minimum absolute atomic E-state index is 0.0838. The number of aliphatic carboxylic acids is 1. The zero-order chi connectivity index (χ0) is 23.1. The molecule has 0 aliphatic carbocycles. The van der Waals surface area contributed by atoms with Crippen LogP contribution in [0.5, 0.6) is 0 Å². The van der Waals surface area contributed by atoms with E-state index in [1.54, 1.807) is 5.01 Å². The first-order valence-electron chi connectivity index (χ1n) is 11.2. The van der Waals surface area contributed by atoms with Crippen molar-refractivity contribution in [2.45, 2.75) is 6.04 Å². The zero-order valence-electron chi connectivity index (χ0n) is 18.3. The lowest BCUT2D eigenvalue weighted by atomic mass is 9.99. The molecule has 1 aromatic heterocycles. The van der Waals surface area contributed by atoms with E-state index in [9.17, 15) is 9.90 Å². The number of fused-ring (bicyclic) bond motifs is 3. The number of hydrogen-bond acceptors (Lipinski definition) is 4. The van der Waals surface area contributed by atoms with E-state index in [2.05, 4.69) is 47.9 Å². The highest BCUT2D eigenvalue weighted by molar-refractivity contribution is 6.09. The summed E-state index contributed by atoms with van der Waals surface area (Å²) >= 11 is 0. The van der Waals surface area contributed by atoms with Crippen LogP contribution in [0, 0.1) is 0 Å². The number of para-hydroxylation sites is 2. The molecule has 1 aliphatic heterocycles. The molecule has 0 amide bonds. The molecule has 166 valence electrons. The third-order valence-electron chi connectivity index (χ3n) is 6.26. The van der Waals surface area contributed by atoms with E-state index in [1.807, 2.05) is 60.7 Å². The van der Waals surface area contributed by atoms with Crippen LogP contribution in [0.3, 0.4) is 0 Å². The van der Waals surface area contributed by atoms with Crippen LogP contribution >= 0.6 is 0 Å². The summed E-state index contributed by atoms with van der Waals surface area (Å²) in [5, 5.41) is 13.3. The van der Waals surface area contributed by atoms with Gasteiger partial charge in [-0.15, -0.1) is 0 Å². The Hall–Kier alpha value is -4.35. The highest BCUT2D eigenvalue weighted by Gasteiger charge is 2.26. The van der Waals surface area contributed by atoms with Gasteiger partial charge in [-0.1, -0.05) is 91.0 Å². The molecular formula is C29H22N2O3. The Morgan fingerprint density at radius 2 is 1.53 bits per heavy atom. The van der Waals surface area contributed by atoms with Crippen LogP contribution in [0.15, 0.2) is 108 Å². The molecule has 0 bridgehead atoms. The first-order valence-corrected chi connectivity index (χ1v) is 11.2. The fourth-order valence-corrected chi connectivity index (χ4v) is 4.67. The van der Waals surface area contributed by atoms with E-state index in [0.29, 0.717) is 0 Å². The van der Waals surface area contributed by atoms with Gasteiger partial charge in [-0.2, -0.15) is 0 Å². The first kappa shape index (κ1) is 20.3. The fourth-order valence-electron chi connectivity index (χ4n) is 4.67. The quantitative estimate of drug-likeness (QED) is 0.335. The molecule has 1 unspecified atom stereocenters. The maximum atomic E-state index is 11.5. The number of hydrazine groups is 1. The largest absolute Gasteiger partial charge is 0.480 e. The van der Waals surface area contributed by atoms with Crippen molar-refractivity contribution in [1.82, 2.24) is 10.4 Å². The molecular weight excluding hydrogens is 424 g/mol. The summed E-state index contributed by atoms with van der Waals surface area (Å²) in [7, 11) is 0. The van der Waals surface area contributed by atoms with Crippen molar-refractivity contribution in [1.29, 1.82) is 0 Å². The molecule has 1 atom stereocenters. The predicted molar refractivity (Wildman–Crippen MR) is 134 cm³/mol. The monoisotopic (exact) mass is 446 g/mol. The maximum absolute atomic E-state index is 11.5. The summed E-state index contributed by atoms with van der Waals surface area (Å²) in [6.45, 7) is -0.130. The molecule has 1 aliphatic rings. The minimum Gasteiger partial charge on any atom is -0.480 e. The Morgan fingerprint density at radius 1 is 0.824 bits per heavy atom. The van der Waals surface area contributed by atoms with Gasteiger partial charge in [0.15, 0.2) is 0 Å². The van der Waals surface area contributed by atoms with Gasteiger partial charge in [-0.05, 0) is 28.8 Å². The molecule has 5 nitrogen and oxygen atoms in total. The lowest BCUT2D eigenvalue weighted by Crippen LogP contribution is -2.37. The Kier molecular flexibility index (Phi) is 4.90. The Morgan fingerprint density at radius 3 is 2.32 bits per heavy atom. The van der Waals surface area contributed by atoms with Crippen LogP contribution in [0.4, 0.5) is 0 Å². The van der Waals surface area contributed by atoms with E-state index in [4.69, 9.17) is 4.42 Å². The predicted octanol–water partition coefficient (Wildman–Crippen LogP) is 6.24. The summed E-state index contributed by atoms with van der Waals surface area (Å²) in [5.41, 5.74) is 10.0. The molecule has 6 rings (SSSR count). The highest BCUT2D eigenvalue weighted by Crippen LogP contribution is 2.37. The third-order valence-corrected chi connectivity index (χ3v) is 6.26. The van der Waals surface area contributed by atoms with Gasteiger partial charge in [0.05, 0.1) is 11.7 Å². The van der Waals surface area contributed by atoms with Gasteiger partial charge in [0.25, 0.3) is 0 Å². The van der Waals surface area contributed by atoms with Gasteiger partial charge < -0.3 is 9.52 Å². The smallest absolute Gasteiger partial charge is 0.324 e. The fraction of sp³-hybridized carbons (Fsp3) is 0.0690. The molecule has 5 aromatic rings. The summed E-state index contributed by atoms with van der Waals surface area (Å²) < 4.78 is 6.20. The van der Waals surface area contributed by atoms with E-state index in [0.717, 1.165) is 49.9 Å². The van der Waals surface area contributed by atoms with Gasteiger partial charge >= 0.3 is 5.97 Å². The number of rotatable bonds is 5. The van der Waals surface area contributed by atoms with Gasteiger partial charge in [0.1, 0.15) is 17.7 Å². The first-order chi connectivity index (χ1) is 16.7. The lowest BCUT2D eigenvalue weighted by Gasteiger charge is -2.22. The Balaban J connectivity index is 1.38. The Labute approximate surface area is 196 Å². The molecule has 2 heterocycles. The maximum Gasteiger partial charge on any atom is 0.324 e. The van der Waals surface area contributed by atoms with Crippen molar-refractivity contribution < 1.29 is 14.3 Å². The number of nitrogens with one attached hydrogen (secondary N) is 1. The number of benzene rings is 4. The van der Waals surface area contributed by atoms with Gasteiger partial charge in [-0.25, -0.2) is 5.43 Å². The van der Waals surface area contributed by atoms with Crippen LogP contribution in [0.1, 0.15) is 17.2 Å². The average Bonchev–Trinajstić information content (AvgIpc) is 3.46. The van der Waals surface area contributed by atoms with E-state index >= 15 is 0 Å². The second-order valence-electron chi connectivity index (χ2n) is 8.41. The van der Waals surface area contributed by atoms with Crippen molar-refractivity contribution in [3.63, 3.8) is 0 Å². The number of carbonyl (C=O) groups is 1. The number of nitrogens with zero attached hydrogens (tertiary/aromatic N) is 1. The molecule has 34 heavy (non-hydrogen) atoms. The van der Waals surface area contributed by atoms with Crippen molar-refractivity contribution in [3.8, 4) is 11.1 Å². The van der Waals surface area contributed by atoms with Gasteiger partial charge in [-0.3, -0.25) is 9.80 Å². The second-order valence-corrected chi connectivity index (χ2v) is 8.41. The summed E-state index contributed by atoms with van der Waals surface area (Å²) in [6, 6.07) is 32.4. The van der Waals surface area contributed by atoms with Crippen molar-refractivity contribution in [3.05, 3.63) is 114 Å². The second kappa shape index (κ2) is 8.21. The average molecular weight is 447 g/mol. The summed E-state index contributed by atoms with van der Waals surface area (Å²) in [5.74, 6) is -0.889. The van der Waals surface area contributed by atoms with Crippen molar-refractivity contribution >= 4 is 33.6 Å². The molecule has 2 N–H and O–H groups in total. The molecule has 0 spiro atoms. The zero-order valence-corrected chi connectivity index (χ0v) is 18.3. The molecule has 0 saturated carbocycles. The molecule has 0 radical (unpaired) electrons. The highest BCUT2D eigenvalue weighted by atomic mass is 16.4. The summed E-state index contributed by atoms with van der Waals surface area (Å²) in [6.07, 6.45) is 2.08. The van der Waals surface area contributed by atoms with Gasteiger partial charge in [0.2, 0.25) is 0 Å². The standard InChI is InChI=1S/C29H22N2O3/c32-28(33)18-31-26(17-25(30-31)20-7-2-1-3-8-20)21-15-13-19(14-16-21)22-10-6-11-24-23-9-4-5-12-27(23)34-29(22)24/h1-17,25,30H,18H2,(H,32,33).